The third kappa shape index (κ3) is 6.17. The van der Waals surface area contributed by atoms with Crippen LogP contribution in [0.5, 0.6) is 0 Å². The Morgan fingerprint density at radius 2 is 1.77 bits per heavy atom. The molecule has 0 radical (unpaired) electrons. The van der Waals surface area contributed by atoms with Gasteiger partial charge >= 0.3 is 0 Å². The standard InChI is InChI=1S/C26H35FN6O2/c1-5-31(6-2)26(34)24(19-7-10-21(27)11-8-19)33-15-13-32(14-16-33)23-12-9-20(17-22(23)28)25(35-29)30-18(3)4/h7-12,17,24H,3,5-6,13-16,28-29H2,1-2,4H3. The third-order valence-corrected chi connectivity index (χ3v) is 6.19. The van der Waals surface area contributed by atoms with Crippen molar-refractivity contribution in [3.8, 4) is 0 Å². The number of aliphatic imine (C=N–C) groups is 1. The number of nitrogen functional groups attached to an aromatic ring is 1. The molecule has 8 nitrogen and oxygen atoms in total. The zero-order valence-electron chi connectivity index (χ0n) is 20.7. The van der Waals surface area contributed by atoms with Gasteiger partial charge in [-0.1, -0.05) is 18.7 Å². The van der Waals surface area contributed by atoms with Crippen LogP contribution in [0.4, 0.5) is 15.8 Å². The number of halogens is 1. The van der Waals surface area contributed by atoms with Crippen molar-refractivity contribution < 1.29 is 14.0 Å². The fourth-order valence-corrected chi connectivity index (χ4v) is 4.39. The van der Waals surface area contributed by atoms with Gasteiger partial charge in [0, 0.05) is 50.5 Å². The summed E-state index contributed by atoms with van der Waals surface area (Å²) >= 11 is 0. The zero-order chi connectivity index (χ0) is 25.5. The molecule has 1 heterocycles. The quantitative estimate of drug-likeness (QED) is 0.259. The normalized spacial score (nSPS) is 15.6. The number of benzene rings is 2. The molecule has 0 saturated carbocycles. The molecule has 35 heavy (non-hydrogen) atoms. The molecular formula is C26H35FN6O2. The van der Waals surface area contributed by atoms with E-state index in [0.29, 0.717) is 56.2 Å². The van der Waals surface area contributed by atoms with Gasteiger partial charge in [0.05, 0.1) is 11.4 Å². The Bertz CT molecular complexity index is 1060. The molecule has 2 aromatic rings. The number of rotatable bonds is 8. The first-order chi connectivity index (χ1) is 16.8. The average molecular weight is 483 g/mol. The van der Waals surface area contributed by atoms with E-state index in [-0.39, 0.29) is 17.6 Å². The van der Waals surface area contributed by atoms with Gasteiger partial charge in [-0.05, 0) is 56.7 Å². The molecule has 3 rings (SSSR count). The van der Waals surface area contributed by atoms with E-state index in [2.05, 4.69) is 21.4 Å². The second-order valence-corrected chi connectivity index (χ2v) is 8.53. The maximum Gasteiger partial charge on any atom is 0.244 e. The lowest BCUT2D eigenvalue weighted by atomic mass is 10.0. The monoisotopic (exact) mass is 482 g/mol. The van der Waals surface area contributed by atoms with Gasteiger partial charge in [-0.25, -0.2) is 9.38 Å². The van der Waals surface area contributed by atoms with Crippen LogP contribution in [0, 0.1) is 5.82 Å². The Kier molecular flexibility index (Phi) is 8.84. The van der Waals surface area contributed by atoms with Gasteiger partial charge in [0.2, 0.25) is 11.8 Å². The molecule has 1 saturated heterocycles. The highest BCUT2D eigenvalue weighted by Gasteiger charge is 2.33. The first-order valence-corrected chi connectivity index (χ1v) is 11.8. The summed E-state index contributed by atoms with van der Waals surface area (Å²) in [5.74, 6) is 5.33. The van der Waals surface area contributed by atoms with Crippen LogP contribution in [0.2, 0.25) is 0 Å². The molecule has 0 spiro atoms. The molecule has 4 N–H and O–H groups in total. The SMILES string of the molecule is C=C(C)N=C(ON)c1ccc(N2CCN(C(C(=O)N(CC)CC)c3ccc(F)cc3)CC2)c(N)c1. The van der Waals surface area contributed by atoms with Crippen molar-refractivity contribution >= 4 is 23.2 Å². The number of anilines is 2. The van der Waals surface area contributed by atoms with E-state index in [0.717, 1.165) is 11.3 Å². The number of nitrogens with two attached hydrogens (primary N) is 2. The molecule has 1 atom stereocenters. The summed E-state index contributed by atoms with van der Waals surface area (Å²) in [5.41, 5.74) is 9.88. The summed E-state index contributed by atoms with van der Waals surface area (Å²) in [4.78, 5) is 28.7. The van der Waals surface area contributed by atoms with E-state index >= 15 is 0 Å². The Morgan fingerprint density at radius 1 is 1.14 bits per heavy atom. The van der Waals surface area contributed by atoms with Crippen molar-refractivity contribution in [2.75, 3.05) is 49.9 Å². The van der Waals surface area contributed by atoms with Crippen LogP contribution < -0.4 is 16.5 Å². The Balaban J connectivity index is 1.79. The lowest BCUT2D eigenvalue weighted by Crippen LogP contribution is -2.51. The first kappa shape index (κ1) is 26.2. The van der Waals surface area contributed by atoms with Crippen molar-refractivity contribution in [1.82, 2.24) is 9.80 Å². The fraction of sp³-hybridized carbons (Fsp3) is 0.385. The number of hydrogen-bond acceptors (Lipinski definition) is 7. The van der Waals surface area contributed by atoms with Crippen molar-refractivity contribution in [3.63, 3.8) is 0 Å². The van der Waals surface area contributed by atoms with Crippen LogP contribution >= 0.6 is 0 Å². The van der Waals surface area contributed by atoms with Crippen LogP contribution in [0.3, 0.4) is 0 Å². The number of piperazine rings is 1. The molecule has 188 valence electrons. The highest BCUT2D eigenvalue weighted by atomic mass is 19.1. The van der Waals surface area contributed by atoms with E-state index < -0.39 is 6.04 Å². The van der Waals surface area contributed by atoms with Crippen LogP contribution in [-0.4, -0.2) is 60.9 Å². The van der Waals surface area contributed by atoms with Gasteiger partial charge in [0.1, 0.15) is 11.9 Å². The van der Waals surface area contributed by atoms with Gasteiger partial charge in [-0.15, -0.1) is 0 Å². The first-order valence-electron chi connectivity index (χ1n) is 11.8. The minimum atomic E-state index is -0.458. The molecule has 0 bridgehead atoms. The second-order valence-electron chi connectivity index (χ2n) is 8.53. The van der Waals surface area contributed by atoms with Gasteiger partial charge in [-0.3, -0.25) is 9.69 Å². The topological polar surface area (TPSA) is 100 Å². The number of nitrogens with zero attached hydrogens (tertiary/aromatic N) is 4. The molecule has 1 fully saturated rings. The van der Waals surface area contributed by atoms with Crippen molar-refractivity contribution in [1.29, 1.82) is 0 Å². The van der Waals surface area contributed by atoms with E-state index in [1.54, 1.807) is 25.1 Å². The zero-order valence-corrected chi connectivity index (χ0v) is 20.7. The van der Waals surface area contributed by atoms with E-state index in [1.807, 2.05) is 30.9 Å². The molecule has 0 aromatic heterocycles. The maximum atomic E-state index is 13.6. The minimum absolute atomic E-state index is 0.0324. The summed E-state index contributed by atoms with van der Waals surface area (Å²) in [5, 5.41) is 0. The Labute approximate surface area is 206 Å². The summed E-state index contributed by atoms with van der Waals surface area (Å²) < 4.78 is 13.6. The van der Waals surface area contributed by atoms with Crippen molar-refractivity contribution in [2.24, 2.45) is 10.9 Å². The molecule has 2 aromatic carbocycles. The van der Waals surface area contributed by atoms with Gasteiger partial charge in [-0.2, -0.15) is 5.90 Å². The highest BCUT2D eigenvalue weighted by Crippen LogP contribution is 2.30. The summed E-state index contributed by atoms with van der Waals surface area (Å²) in [7, 11) is 0. The number of carbonyl (C=O) groups is 1. The maximum absolute atomic E-state index is 13.6. The predicted octanol–water partition coefficient (Wildman–Crippen LogP) is 3.31. The number of likely N-dealkylation sites (N-methyl/N-ethyl adjacent to an activating group) is 1. The molecule has 1 aliphatic rings. The van der Waals surface area contributed by atoms with E-state index in [9.17, 15) is 9.18 Å². The van der Waals surface area contributed by atoms with Crippen molar-refractivity contribution in [3.05, 3.63) is 71.7 Å². The Hall–Kier alpha value is -3.43. The minimum Gasteiger partial charge on any atom is -0.397 e. The van der Waals surface area contributed by atoms with Crippen LogP contribution in [0.15, 0.2) is 59.7 Å². The molecule has 0 aliphatic carbocycles. The summed E-state index contributed by atoms with van der Waals surface area (Å²) in [6, 6.07) is 11.3. The average Bonchev–Trinajstić information content (AvgIpc) is 2.85. The third-order valence-electron chi connectivity index (χ3n) is 6.19. The molecule has 1 aliphatic heterocycles. The number of carbonyl (C=O) groups excluding carboxylic acids is 1. The predicted molar refractivity (Wildman–Crippen MR) is 138 cm³/mol. The van der Waals surface area contributed by atoms with Gasteiger partial charge in [0.25, 0.3) is 0 Å². The van der Waals surface area contributed by atoms with Crippen LogP contribution in [0.25, 0.3) is 0 Å². The van der Waals surface area contributed by atoms with E-state index in [1.165, 1.54) is 12.1 Å². The highest BCUT2D eigenvalue weighted by molar-refractivity contribution is 5.96. The lowest BCUT2D eigenvalue weighted by Gasteiger charge is -2.41. The molecular weight excluding hydrogens is 447 g/mol. The van der Waals surface area contributed by atoms with E-state index in [4.69, 9.17) is 16.5 Å². The summed E-state index contributed by atoms with van der Waals surface area (Å²) in [6.45, 7) is 13.4. The number of hydrogen-bond donors (Lipinski definition) is 2. The largest absolute Gasteiger partial charge is 0.397 e. The smallest absolute Gasteiger partial charge is 0.244 e. The van der Waals surface area contributed by atoms with Crippen molar-refractivity contribution in [2.45, 2.75) is 26.8 Å². The fourth-order valence-electron chi connectivity index (χ4n) is 4.39. The number of amides is 1. The van der Waals surface area contributed by atoms with Crippen LogP contribution in [-0.2, 0) is 9.63 Å². The number of allylic oxidation sites excluding steroid dienone is 1. The second kappa shape index (κ2) is 11.8. The molecule has 9 heteroatoms. The Morgan fingerprint density at radius 3 is 2.29 bits per heavy atom. The molecule has 1 amide bonds. The lowest BCUT2D eigenvalue weighted by molar-refractivity contribution is -0.137. The van der Waals surface area contributed by atoms with Gasteiger partial charge < -0.3 is 20.4 Å². The van der Waals surface area contributed by atoms with Gasteiger partial charge in [0.15, 0.2) is 0 Å². The van der Waals surface area contributed by atoms with Crippen LogP contribution in [0.1, 0.15) is 37.9 Å². The molecule has 1 unspecified atom stereocenters. The summed E-state index contributed by atoms with van der Waals surface area (Å²) in [6.07, 6.45) is 0.